The Morgan fingerprint density at radius 3 is 2.32 bits per heavy atom. The van der Waals surface area contributed by atoms with Gasteiger partial charge in [-0.15, -0.1) is 0 Å². The summed E-state index contributed by atoms with van der Waals surface area (Å²) in [5.74, 6) is -0.437. The lowest BCUT2D eigenvalue weighted by Crippen LogP contribution is -2.23. The fraction of sp³-hybridized carbons (Fsp3) is 0.0500. The molecule has 25 heavy (non-hydrogen) atoms. The largest absolute Gasteiger partial charge is 0.346 e. The molecule has 0 aliphatic heterocycles. The predicted octanol–water partition coefficient (Wildman–Crippen LogP) is 3.26. The second kappa shape index (κ2) is 7.88. The van der Waals surface area contributed by atoms with Crippen molar-refractivity contribution in [2.75, 3.05) is 5.32 Å². The van der Waals surface area contributed by atoms with Crippen LogP contribution in [0, 0.1) is 0 Å². The molecule has 0 spiro atoms. The maximum atomic E-state index is 12.3. The highest BCUT2D eigenvalue weighted by molar-refractivity contribution is 6.05. The zero-order chi connectivity index (χ0) is 17.5. The van der Waals surface area contributed by atoms with Gasteiger partial charge >= 0.3 is 0 Å². The molecule has 0 radical (unpaired) electrons. The Morgan fingerprint density at radius 1 is 0.800 bits per heavy atom. The van der Waals surface area contributed by atoms with Crippen molar-refractivity contribution in [3.8, 4) is 0 Å². The quantitative estimate of drug-likeness (QED) is 0.754. The Hall–Kier alpha value is -3.47. The number of nitrogens with one attached hydrogen (secondary N) is 2. The first-order valence-electron chi connectivity index (χ1n) is 7.87. The molecule has 2 N–H and O–H groups in total. The van der Waals surface area contributed by atoms with Crippen molar-refractivity contribution in [1.29, 1.82) is 0 Å². The van der Waals surface area contributed by atoms with Crippen molar-refractivity contribution < 1.29 is 9.59 Å². The van der Waals surface area contributed by atoms with Crippen molar-refractivity contribution in [3.05, 3.63) is 95.8 Å². The standard InChI is InChI=1S/C20H17N3O2/c24-19(22-14-18-10-4-5-12-21-18)16-9-6-11-17(13-16)23-20(25)15-7-2-1-3-8-15/h1-13H,14H2,(H,22,24)(H,23,25). The lowest BCUT2D eigenvalue weighted by molar-refractivity contribution is 0.0949. The molecule has 3 aromatic rings. The van der Waals surface area contributed by atoms with E-state index in [1.54, 1.807) is 54.7 Å². The van der Waals surface area contributed by atoms with E-state index in [1.807, 2.05) is 24.3 Å². The Bertz CT molecular complexity index is 864. The number of pyridine rings is 1. The van der Waals surface area contributed by atoms with Gasteiger partial charge in [-0.2, -0.15) is 0 Å². The van der Waals surface area contributed by atoms with Gasteiger partial charge in [0.15, 0.2) is 0 Å². The van der Waals surface area contributed by atoms with Gasteiger partial charge in [0.1, 0.15) is 0 Å². The first-order valence-corrected chi connectivity index (χ1v) is 7.87. The van der Waals surface area contributed by atoms with E-state index in [9.17, 15) is 9.59 Å². The average molecular weight is 331 g/mol. The molecule has 5 heteroatoms. The molecule has 0 unspecified atom stereocenters. The zero-order valence-corrected chi connectivity index (χ0v) is 13.5. The number of nitrogens with zero attached hydrogens (tertiary/aromatic N) is 1. The molecule has 3 rings (SSSR count). The summed E-state index contributed by atoms with van der Waals surface area (Å²) in [6.45, 7) is 0.347. The maximum absolute atomic E-state index is 12.3. The number of aromatic nitrogens is 1. The minimum atomic E-state index is -0.221. The number of rotatable bonds is 5. The van der Waals surface area contributed by atoms with Crippen molar-refractivity contribution in [1.82, 2.24) is 10.3 Å². The van der Waals surface area contributed by atoms with Crippen molar-refractivity contribution in [3.63, 3.8) is 0 Å². The van der Waals surface area contributed by atoms with E-state index in [4.69, 9.17) is 0 Å². The Kier molecular flexibility index (Phi) is 5.16. The van der Waals surface area contributed by atoms with E-state index in [0.29, 0.717) is 23.4 Å². The number of amides is 2. The van der Waals surface area contributed by atoms with Gasteiger partial charge in [-0.05, 0) is 42.5 Å². The van der Waals surface area contributed by atoms with Crippen LogP contribution in [-0.2, 0) is 6.54 Å². The molecular weight excluding hydrogens is 314 g/mol. The van der Waals surface area contributed by atoms with E-state index in [0.717, 1.165) is 5.69 Å². The number of hydrogen-bond donors (Lipinski definition) is 2. The fourth-order valence-corrected chi connectivity index (χ4v) is 2.31. The number of hydrogen-bond acceptors (Lipinski definition) is 3. The summed E-state index contributed by atoms with van der Waals surface area (Å²) in [6, 6.07) is 21.3. The van der Waals surface area contributed by atoms with Crippen LogP contribution in [0.1, 0.15) is 26.4 Å². The summed E-state index contributed by atoms with van der Waals surface area (Å²) in [4.78, 5) is 28.6. The molecule has 0 bridgehead atoms. The SMILES string of the molecule is O=C(NCc1ccccn1)c1cccc(NC(=O)c2ccccc2)c1. The minimum absolute atomic E-state index is 0.216. The summed E-state index contributed by atoms with van der Waals surface area (Å²) in [7, 11) is 0. The molecule has 5 nitrogen and oxygen atoms in total. The normalized spacial score (nSPS) is 10.1. The van der Waals surface area contributed by atoms with Crippen LogP contribution < -0.4 is 10.6 Å². The van der Waals surface area contributed by atoms with Crippen LogP contribution in [0.2, 0.25) is 0 Å². The smallest absolute Gasteiger partial charge is 0.255 e. The van der Waals surface area contributed by atoms with Crippen LogP contribution in [0.25, 0.3) is 0 Å². The van der Waals surface area contributed by atoms with Crippen LogP contribution in [0.4, 0.5) is 5.69 Å². The van der Waals surface area contributed by atoms with E-state index < -0.39 is 0 Å². The summed E-state index contributed by atoms with van der Waals surface area (Å²) in [5.41, 5.74) is 2.39. The lowest BCUT2D eigenvalue weighted by Gasteiger charge is -2.08. The molecule has 2 aromatic carbocycles. The number of benzene rings is 2. The third-order valence-corrected chi connectivity index (χ3v) is 3.57. The van der Waals surface area contributed by atoms with Gasteiger partial charge in [-0.1, -0.05) is 30.3 Å². The summed E-state index contributed by atoms with van der Waals surface area (Å²) >= 11 is 0. The van der Waals surface area contributed by atoms with E-state index in [1.165, 1.54) is 0 Å². The number of anilines is 1. The third kappa shape index (κ3) is 4.51. The molecule has 0 saturated heterocycles. The van der Waals surface area contributed by atoms with Gasteiger partial charge < -0.3 is 10.6 Å². The fourth-order valence-electron chi connectivity index (χ4n) is 2.31. The van der Waals surface area contributed by atoms with Crippen LogP contribution in [-0.4, -0.2) is 16.8 Å². The molecule has 0 atom stereocenters. The second-order valence-corrected chi connectivity index (χ2v) is 5.40. The van der Waals surface area contributed by atoms with Gasteiger partial charge in [-0.25, -0.2) is 0 Å². The zero-order valence-electron chi connectivity index (χ0n) is 13.5. The molecular formula is C20H17N3O2. The first-order chi connectivity index (χ1) is 12.2. The molecule has 0 saturated carbocycles. The lowest BCUT2D eigenvalue weighted by atomic mass is 10.1. The second-order valence-electron chi connectivity index (χ2n) is 5.40. The van der Waals surface area contributed by atoms with Crippen LogP contribution in [0.3, 0.4) is 0 Å². The Labute approximate surface area is 145 Å². The Balaban J connectivity index is 1.64. The minimum Gasteiger partial charge on any atom is -0.346 e. The van der Waals surface area contributed by atoms with Crippen molar-refractivity contribution in [2.45, 2.75) is 6.54 Å². The topological polar surface area (TPSA) is 71.1 Å². The molecule has 0 aliphatic carbocycles. The molecule has 0 aliphatic rings. The monoisotopic (exact) mass is 331 g/mol. The van der Waals surface area contributed by atoms with Gasteiger partial charge in [0.2, 0.25) is 0 Å². The van der Waals surface area contributed by atoms with Crippen LogP contribution in [0.15, 0.2) is 79.0 Å². The Morgan fingerprint density at radius 2 is 1.56 bits per heavy atom. The highest BCUT2D eigenvalue weighted by Crippen LogP contribution is 2.12. The molecule has 1 aromatic heterocycles. The van der Waals surface area contributed by atoms with E-state index >= 15 is 0 Å². The van der Waals surface area contributed by atoms with Crippen molar-refractivity contribution in [2.24, 2.45) is 0 Å². The summed E-state index contributed by atoms with van der Waals surface area (Å²) in [5, 5.41) is 5.61. The average Bonchev–Trinajstić information content (AvgIpc) is 2.68. The molecule has 124 valence electrons. The van der Waals surface area contributed by atoms with Crippen molar-refractivity contribution >= 4 is 17.5 Å². The first kappa shape index (κ1) is 16.4. The van der Waals surface area contributed by atoms with Crippen LogP contribution in [0.5, 0.6) is 0 Å². The summed E-state index contributed by atoms with van der Waals surface area (Å²) in [6.07, 6.45) is 1.68. The van der Waals surface area contributed by atoms with E-state index in [2.05, 4.69) is 15.6 Å². The highest BCUT2D eigenvalue weighted by atomic mass is 16.2. The number of carbonyl (C=O) groups excluding carboxylic acids is 2. The van der Waals surface area contributed by atoms with Gasteiger partial charge in [0, 0.05) is 23.0 Å². The van der Waals surface area contributed by atoms with Gasteiger partial charge in [-0.3, -0.25) is 14.6 Å². The predicted molar refractivity (Wildman–Crippen MR) is 96.2 cm³/mol. The molecule has 0 fully saturated rings. The number of carbonyl (C=O) groups is 2. The highest BCUT2D eigenvalue weighted by Gasteiger charge is 2.09. The summed E-state index contributed by atoms with van der Waals surface area (Å²) < 4.78 is 0. The van der Waals surface area contributed by atoms with E-state index in [-0.39, 0.29) is 11.8 Å². The van der Waals surface area contributed by atoms with Gasteiger partial charge in [0.05, 0.1) is 12.2 Å². The molecule has 1 heterocycles. The maximum Gasteiger partial charge on any atom is 0.255 e. The van der Waals surface area contributed by atoms with Gasteiger partial charge in [0.25, 0.3) is 11.8 Å². The van der Waals surface area contributed by atoms with Crippen LogP contribution >= 0.6 is 0 Å². The molecule has 2 amide bonds. The third-order valence-electron chi connectivity index (χ3n) is 3.57.